The maximum atomic E-state index is 10.5. The van der Waals surface area contributed by atoms with Gasteiger partial charge in [-0.15, -0.1) is 0 Å². The average molecular weight is 267 g/mol. The van der Waals surface area contributed by atoms with Gasteiger partial charge in [-0.25, -0.2) is 4.79 Å². The summed E-state index contributed by atoms with van der Waals surface area (Å²) in [5.74, 6) is -1.00. The number of carbonyl (C=O) groups is 1. The highest BCUT2D eigenvalue weighted by Crippen LogP contribution is 2.32. The second-order valence-corrected chi connectivity index (χ2v) is 4.35. The van der Waals surface area contributed by atoms with Crippen molar-refractivity contribution in [3.63, 3.8) is 0 Å². The lowest BCUT2D eigenvalue weighted by molar-refractivity contribution is -0.219. The molecule has 104 valence electrons. The molecule has 0 aliphatic carbocycles. The van der Waals surface area contributed by atoms with Crippen molar-refractivity contribution < 1.29 is 24.1 Å². The molecule has 0 unspecified atom stereocenters. The van der Waals surface area contributed by atoms with E-state index in [0.717, 1.165) is 5.69 Å². The van der Waals surface area contributed by atoms with Crippen molar-refractivity contribution in [3.8, 4) is 5.75 Å². The highest BCUT2D eigenvalue weighted by atomic mass is 16.7. The summed E-state index contributed by atoms with van der Waals surface area (Å²) in [7, 11) is 3.24. The lowest BCUT2D eigenvalue weighted by Crippen LogP contribution is -2.64. The van der Waals surface area contributed by atoms with Crippen LogP contribution in [0.25, 0.3) is 0 Å². The van der Waals surface area contributed by atoms with E-state index in [1.807, 2.05) is 12.1 Å². The number of nitrogens with zero attached hydrogens (tertiary/aromatic N) is 1. The molecule has 1 aromatic carbocycles. The molecule has 2 rings (SSSR count). The van der Waals surface area contributed by atoms with E-state index < -0.39 is 11.8 Å². The van der Waals surface area contributed by atoms with E-state index in [1.54, 1.807) is 26.4 Å². The molecule has 1 aliphatic rings. The summed E-state index contributed by atoms with van der Waals surface area (Å²) < 4.78 is 15.8. The van der Waals surface area contributed by atoms with Crippen LogP contribution in [0, 0.1) is 0 Å². The van der Waals surface area contributed by atoms with Crippen molar-refractivity contribution in [2.75, 3.05) is 38.8 Å². The van der Waals surface area contributed by atoms with Gasteiger partial charge in [0.1, 0.15) is 5.75 Å². The minimum Gasteiger partial charge on any atom is -0.482 e. The maximum Gasteiger partial charge on any atom is 0.341 e. The van der Waals surface area contributed by atoms with Gasteiger partial charge in [0, 0.05) is 26.0 Å². The molecule has 6 nitrogen and oxygen atoms in total. The first-order valence-corrected chi connectivity index (χ1v) is 5.88. The minimum absolute atomic E-state index is 0.344. The Kier molecular flexibility index (Phi) is 3.92. The van der Waals surface area contributed by atoms with Crippen LogP contribution >= 0.6 is 0 Å². The Bertz CT molecular complexity index is 450. The molecular weight excluding hydrogens is 250 g/mol. The van der Waals surface area contributed by atoms with Crippen molar-refractivity contribution in [2.45, 2.75) is 5.79 Å². The topological polar surface area (TPSA) is 68.2 Å². The van der Waals surface area contributed by atoms with Crippen LogP contribution < -0.4 is 9.64 Å². The van der Waals surface area contributed by atoms with Crippen LogP contribution in [0.15, 0.2) is 24.3 Å². The summed E-state index contributed by atoms with van der Waals surface area (Å²) in [5, 5.41) is 8.57. The van der Waals surface area contributed by atoms with Crippen molar-refractivity contribution in [1.82, 2.24) is 0 Å². The van der Waals surface area contributed by atoms with Gasteiger partial charge >= 0.3 is 5.97 Å². The number of ether oxygens (including phenoxy) is 3. The van der Waals surface area contributed by atoms with E-state index in [0.29, 0.717) is 18.8 Å². The van der Waals surface area contributed by atoms with Crippen LogP contribution in [0.2, 0.25) is 0 Å². The highest BCUT2D eigenvalue weighted by Gasteiger charge is 2.43. The molecule has 0 radical (unpaired) electrons. The summed E-state index contributed by atoms with van der Waals surface area (Å²) in [6.07, 6.45) is 0. The first kappa shape index (κ1) is 13.6. The fraction of sp³-hybridized carbons (Fsp3) is 0.462. The number of carboxylic acids is 1. The van der Waals surface area contributed by atoms with E-state index in [9.17, 15) is 4.79 Å². The number of anilines is 1. The number of rotatable bonds is 6. The van der Waals surface area contributed by atoms with Crippen molar-refractivity contribution in [2.24, 2.45) is 0 Å². The van der Waals surface area contributed by atoms with E-state index >= 15 is 0 Å². The van der Waals surface area contributed by atoms with Gasteiger partial charge in [0.15, 0.2) is 6.61 Å². The molecule has 0 saturated carbocycles. The molecule has 1 N–H and O–H groups in total. The third kappa shape index (κ3) is 2.97. The van der Waals surface area contributed by atoms with Gasteiger partial charge in [-0.1, -0.05) is 6.07 Å². The first-order chi connectivity index (χ1) is 9.08. The van der Waals surface area contributed by atoms with Gasteiger partial charge in [0.25, 0.3) is 0 Å². The van der Waals surface area contributed by atoms with Gasteiger partial charge in [-0.2, -0.15) is 0 Å². The van der Waals surface area contributed by atoms with Gasteiger partial charge < -0.3 is 24.2 Å². The Balaban J connectivity index is 1.99. The lowest BCUT2D eigenvalue weighted by Gasteiger charge is -2.48. The zero-order valence-electron chi connectivity index (χ0n) is 11.0. The summed E-state index contributed by atoms with van der Waals surface area (Å²) in [6, 6.07) is 7.29. The van der Waals surface area contributed by atoms with E-state index in [-0.39, 0.29) is 6.61 Å². The van der Waals surface area contributed by atoms with Gasteiger partial charge in [-0.3, -0.25) is 0 Å². The number of aliphatic carboxylic acids is 1. The Hall–Kier alpha value is -1.79. The maximum absolute atomic E-state index is 10.5. The molecule has 1 heterocycles. The Morgan fingerprint density at radius 2 is 2.05 bits per heavy atom. The fourth-order valence-corrected chi connectivity index (χ4v) is 1.97. The summed E-state index contributed by atoms with van der Waals surface area (Å²) in [5.41, 5.74) is 0.951. The van der Waals surface area contributed by atoms with Crippen molar-refractivity contribution in [3.05, 3.63) is 24.3 Å². The van der Waals surface area contributed by atoms with Crippen molar-refractivity contribution >= 4 is 11.7 Å². The fourth-order valence-electron chi connectivity index (χ4n) is 1.97. The molecule has 0 bridgehead atoms. The van der Waals surface area contributed by atoms with Gasteiger partial charge in [0.05, 0.1) is 13.1 Å². The Morgan fingerprint density at radius 3 is 2.63 bits per heavy atom. The van der Waals surface area contributed by atoms with Gasteiger partial charge in [0.2, 0.25) is 5.79 Å². The largest absolute Gasteiger partial charge is 0.482 e. The summed E-state index contributed by atoms with van der Waals surface area (Å²) in [4.78, 5) is 12.5. The molecule has 1 aliphatic heterocycles. The standard InChI is InChI=1S/C13H17NO5/c1-17-13(18-2)8-14(9-13)10-4-3-5-11(6-10)19-7-12(15)16/h3-6H,7-9H2,1-2H3,(H,15,16). The van der Waals surface area contributed by atoms with Crippen LogP contribution in [0.3, 0.4) is 0 Å². The molecule has 0 amide bonds. The summed E-state index contributed by atoms with van der Waals surface area (Å²) in [6.45, 7) is 0.911. The number of carboxylic acid groups (broad SMARTS) is 1. The Morgan fingerprint density at radius 1 is 1.37 bits per heavy atom. The molecule has 1 fully saturated rings. The zero-order chi connectivity index (χ0) is 13.9. The molecule has 0 aromatic heterocycles. The molecule has 6 heteroatoms. The SMILES string of the molecule is COC1(OC)CN(c2cccc(OCC(=O)O)c2)C1. The third-order valence-electron chi connectivity index (χ3n) is 3.15. The normalized spacial score (nSPS) is 16.8. The number of hydrogen-bond donors (Lipinski definition) is 1. The zero-order valence-corrected chi connectivity index (χ0v) is 11.0. The lowest BCUT2D eigenvalue weighted by atomic mass is 10.1. The van der Waals surface area contributed by atoms with Gasteiger partial charge in [-0.05, 0) is 12.1 Å². The number of methoxy groups -OCH3 is 2. The molecule has 1 aromatic rings. The minimum atomic E-state index is -0.993. The quantitative estimate of drug-likeness (QED) is 0.774. The monoisotopic (exact) mass is 267 g/mol. The second-order valence-electron chi connectivity index (χ2n) is 4.35. The van der Waals surface area contributed by atoms with E-state index in [2.05, 4.69) is 4.90 Å². The highest BCUT2D eigenvalue weighted by molar-refractivity contribution is 5.68. The van der Waals surface area contributed by atoms with E-state index in [4.69, 9.17) is 19.3 Å². The van der Waals surface area contributed by atoms with Crippen LogP contribution in [-0.4, -0.2) is 50.8 Å². The molecular formula is C13H17NO5. The molecule has 19 heavy (non-hydrogen) atoms. The molecule has 0 spiro atoms. The predicted molar refractivity (Wildman–Crippen MR) is 68.5 cm³/mol. The molecule has 0 atom stereocenters. The second kappa shape index (κ2) is 5.46. The van der Waals surface area contributed by atoms with Crippen LogP contribution in [0.5, 0.6) is 5.75 Å². The van der Waals surface area contributed by atoms with Crippen LogP contribution in [0.4, 0.5) is 5.69 Å². The van der Waals surface area contributed by atoms with E-state index in [1.165, 1.54) is 0 Å². The third-order valence-corrected chi connectivity index (χ3v) is 3.15. The first-order valence-electron chi connectivity index (χ1n) is 5.88. The smallest absolute Gasteiger partial charge is 0.341 e. The Labute approximate surface area is 111 Å². The predicted octanol–water partition coefficient (Wildman–Crippen LogP) is 0.959. The average Bonchev–Trinajstić information content (AvgIpc) is 2.37. The number of benzene rings is 1. The number of hydrogen-bond acceptors (Lipinski definition) is 5. The summed E-state index contributed by atoms with van der Waals surface area (Å²) >= 11 is 0. The molecule has 1 saturated heterocycles. The van der Waals surface area contributed by atoms with Crippen molar-refractivity contribution in [1.29, 1.82) is 0 Å². The van der Waals surface area contributed by atoms with Crippen LogP contribution in [-0.2, 0) is 14.3 Å². The van der Waals surface area contributed by atoms with Crippen LogP contribution in [0.1, 0.15) is 0 Å².